The van der Waals surface area contributed by atoms with Gasteiger partial charge in [0.2, 0.25) is 0 Å². The van der Waals surface area contributed by atoms with Gasteiger partial charge in [-0.1, -0.05) is 15.9 Å². The van der Waals surface area contributed by atoms with Crippen molar-refractivity contribution in [3.05, 3.63) is 29.8 Å². The van der Waals surface area contributed by atoms with E-state index in [4.69, 9.17) is 0 Å². The zero-order valence-corrected chi connectivity index (χ0v) is 10.6. The van der Waals surface area contributed by atoms with E-state index >= 15 is 0 Å². The molecule has 0 aliphatic heterocycles. The summed E-state index contributed by atoms with van der Waals surface area (Å²) in [4.78, 5) is 15.8. The Balaban J connectivity index is 2.85. The summed E-state index contributed by atoms with van der Waals surface area (Å²) < 4.78 is 49.4. The van der Waals surface area contributed by atoms with Gasteiger partial charge in [-0.3, -0.25) is 4.79 Å². The molecule has 0 unspecified atom stereocenters. The Kier molecular flexibility index (Phi) is 5.06. The summed E-state index contributed by atoms with van der Waals surface area (Å²) in [6.45, 7) is -1.48. The lowest BCUT2D eigenvalue weighted by Gasteiger charge is -2.22. The van der Waals surface area contributed by atoms with E-state index in [0.717, 1.165) is 18.3 Å². The number of rotatable bonds is 4. The van der Waals surface area contributed by atoms with Crippen LogP contribution in [-0.2, 0) is 0 Å². The quantitative estimate of drug-likeness (QED) is 0.628. The van der Waals surface area contributed by atoms with Crippen molar-refractivity contribution in [2.75, 3.05) is 18.4 Å². The highest BCUT2D eigenvalue weighted by atomic mass is 79.9. The predicted molar refractivity (Wildman–Crippen MR) is 59.9 cm³/mol. The lowest BCUT2D eigenvalue weighted by molar-refractivity contribution is -0.140. The fourth-order valence-corrected chi connectivity index (χ4v) is 1.66. The number of alkyl halides is 4. The van der Waals surface area contributed by atoms with Gasteiger partial charge >= 0.3 is 6.18 Å². The van der Waals surface area contributed by atoms with E-state index in [9.17, 15) is 22.4 Å². The molecule has 1 heterocycles. The second kappa shape index (κ2) is 6.12. The molecular weight excluding hydrogens is 320 g/mol. The first kappa shape index (κ1) is 14.9. The Labute approximate surface area is 109 Å². The number of aromatic nitrogens is 1. The number of hydrogen-bond donors (Lipinski definition) is 0. The van der Waals surface area contributed by atoms with Crippen molar-refractivity contribution in [1.29, 1.82) is 0 Å². The molecule has 0 N–H and O–H groups in total. The Morgan fingerprint density at radius 2 is 2.06 bits per heavy atom. The highest BCUT2D eigenvalue weighted by Crippen LogP contribution is 2.18. The molecule has 0 aromatic carbocycles. The maximum Gasteiger partial charge on any atom is 0.406 e. The van der Waals surface area contributed by atoms with Crippen molar-refractivity contribution in [1.82, 2.24) is 9.88 Å². The first-order valence-electron chi connectivity index (χ1n) is 4.87. The van der Waals surface area contributed by atoms with E-state index in [-0.39, 0.29) is 17.6 Å². The minimum Gasteiger partial charge on any atom is -0.327 e. The summed E-state index contributed by atoms with van der Waals surface area (Å²) in [7, 11) is 0. The molecule has 0 saturated carbocycles. The molecule has 100 valence electrons. The molecule has 0 spiro atoms. The van der Waals surface area contributed by atoms with Crippen LogP contribution < -0.4 is 0 Å². The largest absolute Gasteiger partial charge is 0.406 e. The average molecular weight is 329 g/mol. The van der Waals surface area contributed by atoms with Crippen molar-refractivity contribution in [3.63, 3.8) is 0 Å². The lowest BCUT2D eigenvalue weighted by atomic mass is 10.3. The minimum atomic E-state index is -4.49. The van der Waals surface area contributed by atoms with Crippen molar-refractivity contribution >= 4 is 21.8 Å². The molecule has 1 rings (SSSR count). The van der Waals surface area contributed by atoms with Crippen molar-refractivity contribution in [3.8, 4) is 0 Å². The van der Waals surface area contributed by atoms with Crippen molar-refractivity contribution < 1.29 is 22.4 Å². The zero-order chi connectivity index (χ0) is 13.8. The van der Waals surface area contributed by atoms with Crippen molar-refractivity contribution in [2.45, 2.75) is 6.18 Å². The molecule has 18 heavy (non-hydrogen) atoms. The second-order valence-corrected chi connectivity index (χ2v) is 4.19. The van der Waals surface area contributed by atoms with Gasteiger partial charge in [-0.25, -0.2) is 9.37 Å². The highest BCUT2D eigenvalue weighted by Gasteiger charge is 2.33. The predicted octanol–water partition coefficient (Wildman–Crippen LogP) is 2.62. The van der Waals surface area contributed by atoms with Crippen LogP contribution in [0.2, 0.25) is 0 Å². The fourth-order valence-electron chi connectivity index (χ4n) is 1.24. The van der Waals surface area contributed by atoms with Gasteiger partial charge in [-0.15, -0.1) is 0 Å². The summed E-state index contributed by atoms with van der Waals surface area (Å²) in [5.74, 6) is -1.54. The lowest BCUT2D eigenvalue weighted by Crippen LogP contribution is -2.40. The van der Waals surface area contributed by atoms with E-state index in [1.54, 1.807) is 0 Å². The normalized spacial score (nSPS) is 11.4. The SMILES string of the molecule is O=C(c1ccc(F)cn1)N(CCBr)CC(F)(F)F. The monoisotopic (exact) mass is 328 g/mol. The van der Waals surface area contributed by atoms with Crippen molar-refractivity contribution in [2.24, 2.45) is 0 Å². The Morgan fingerprint density at radius 1 is 1.39 bits per heavy atom. The number of nitrogens with zero attached hydrogens (tertiary/aromatic N) is 2. The van der Waals surface area contributed by atoms with Crippen LogP contribution in [0.5, 0.6) is 0 Å². The maximum atomic E-state index is 12.6. The molecule has 3 nitrogen and oxygen atoms in total. The smallest absolute Gasteiger partial charge is 0.327 e. The van der Waals surface area contributed by atoms with Crippen LogP contribution in [0.3, 0.4) is 0 Å². The zero-order valence-electron chi connectivity index (χ0n) is 9.05. The molecular formula is C10H9BrF4N2O. The van der Waals surface area contributed by atoms with Gasteiger partial charge in [0, 0.05) is 11.9 Å². The van der Waals surface area contributed by atoms with Gasteiger partial charge in [-0.2, -0.15) is 13.2 Å². The van der Waals surface area contributed by atoms with Gasteiger partial charge in [-0.05, 0) is 12.1 Å². The second-order valence-electron chi connectivity index (χ2n) is 3.39. The van der Waals surface area contributed by atoms with Crippen LogP contribution >= 0.6 is 15.9 Å². The van der Waals surface area contributed by atoms with E-state index in [2.05, 4.69) is 20.9 Å². The summed E-state index contributed by atoms with van der Waals surface area (Å²) in [6, 6.07) is 2.02. The van der Waals surface area contributed by atoms with E-state index in [0.29, 0.717) is 4.90 Å². The Morgan fingerprint density at radius 3 is 2.50 bits per heavy atom. The molecule has 0 aliphatic carbocycles. The number of carbonyl (C=O) groups excluding carboxylic acids is 1. The van der Waals surface area contributed by atoms with Crippen LogP contribution in [-0.4, -0.2) is 40.4 Å². The molecule has 1 aromatic rings. The van der Waals surface area contributed by atoms with Crippen LogP contribution in [0.25, 0.3) is 0 Å². The molecule has 1 aromatic heterocycles. The molecule has 8 heteroatoms. The number of halogens is 5. The Bertz CT molecular complexity index is 407. The number of carbonyl (C=O) groups is 1. The summed E-state index contributed by atoms with van der Waals surface area (Å²) >= 11 is 2.97. The molecule has 0 radical (unpaired) electrons. The first-order valence-corrected chi connectivity index (χ1v) is 5.99. The number of hydrogen-bond acceptors (Lipinski definition) is 2. The molecule has 0 bridgehead atoms. The third-order valence-electron chi connectivity index (χ3n) is 1.96. The highest BCUT2D eigenvalue weighted by molar-refractivity contribution is 9.09. The van der Waals surface area contributed by atoms with E-state index in [1.165, 1.54) is 0 Å². The summed E-state index contributed by atoms with van der Waals surface area (Å²) in [5, 5.41) is 0.204. The first-order chi connectivity index (χ1) is 8.33. The number of amides is 1. The Hall–Kier alpha value is -1.18. The van der Waals surface area contributed by atoms with Crippen LogP contribution in [0.4, 0.5) is 17.6 Å². The number of pyridine rings is 1. The molecule has 1 amide bonds. The fraction of sp³-hybridized carbons (Fsp3) is 0.400. The van der Waals surface area contributed by atoms with Crippen LogP contribution in [0, 0.1) is 5.82 Å². The third-order valence-corrected chi connectivity index (χ3v) is 2.31. The third kappa shape index (κ3) is 4.59. The molecule has 0 aliphatic rings. The molecule has 0 fully saturated rings. The van der Waals surface area contributed by atoms with Gasteiger partial charge in [0.05, 0.1) is 6.20 Å². The topological polar surface area (TPSA) is 33.2 Å². The average Bonchev–Trinajstić information content (AvgIpc) is 2.27. The molecule has 0 atom stereocenters. The maximum absolute atomic E-state index is 12.6. The van der Waals surface area contributed by atoms with Crippen LogP contribution in [0.1, 0.15) is 10.5 Å². The van der Waals surface area contributed by atoms with Gasteiger partial charge in [0.25, 0.3) is 5.91 Å². The minimum absolute atomic E-state index is 0.114. The summed E-state index contributed by atoms with van der Waals surface area (Å²) in [6.07, 6.45) is -3.70. The van der Waals surface area contributed by atoms with Gasteiger partial charge in [0.1, 0.15) is 18.1 Å². The van der Waals surface area contributed by atoms with Gasteiger partial charge < -0.3 is 4.90 Å². The summed E-state index contributed by atoms with van der Waals surface area (Å²) in [5.41, 5.74) is -0.221. The van der Waals surface area contributed by atoms with Crippen LogP contribution in [0.15, 0.2) is 18.3 Å². The van der Waals surface area contributed by atoms with E-state index < -0.39 is 24.4 Å². The standard InChI is InChI=1S/C10H9BrF4N2O/c11-3-4-17(6-10(13,14)15)9(18)8-2-1-7(12)5-16-8/h1-2,5H,3-4,6H2. The van der Waals surface area contributed by atoms with E-state index in [1.807, 2.05) is 0 Å². The molecule has 0 saturated heterocycles. The van der Waals surface area contributed by atoms with Gasteiger partial charge in [0.15, 0.2) is 0 Å².